The number of amides is 1. The number of hydrogen-bond acceptors (Lipinski definition) is 5. The first-order valence-electron chi connectivity index (χ1n) is 6.02. The molecule has 7 nitrogen and oxygen atoms in total. The normalized spacial score (nSPS) is 9.95. The molecule has 0 aliphatic heterocycles. The van der Waals surface area contributed by atoms with Crippen molar-refractivity contribution < 1.29 is 14.5 Å². The Morgan fingerprint density at radius 3 is 2.58 bits per heavy atom. The lowest BCUT2D eigenvalue weighted by atomic mass is 10.3. The first kappa shape index (κ1) is 14.9. The molecule has 0 aromatic heterocycles. The van der Waals surface area contributed by atoms with E-state index in [-0.39, 0.29) is 12.3 Å². The number of nitrogens with one attached hydrogen (secondary N) is 2. The van der Waals surface area contributed by atoms with E-state index in [0.717, 1.165) is 13.0 Å². The van der Waals surface area contributed by atoms with Crippen molar-refractivity contribution in [3.63, 3.8) is 0 Å². The van der Waals surface area contributed by atoms with E-state index in [2.05, 4.69) is 17.6 Å². The van der Waals surface area contributed by atoms with Gasteiger partial charge in [-0.1, -0.05) is 6.92 Å². The van der Waals surface area contributed by atoms with Crippen LogP contribution in [0.2, 0.25) is 0 Å². The third-order valence-corrected chi connectivity index (χ3v) is 2.26. The number of non-ortho nitro benzene ring substituents is 1. The molecule has 0 unspecified atom stereocenters. The van der Waals surface area contributed by atoms with Crippen LogP contribution in [-0.2, 0) is 4.74 Å². The molecular formula is C12H17N3O4. The average Bonchev–Trinajstić information content (AvgIpc) is 2.39. The number of ether oxygens (including phenoxy) is 1. The minimum atomic E-state index is -0.577. The van der Waals surface area contributed by atoms with Crippen molar-refractivity contribution in [3.8, 4) is 0 Å². The van der Waals surface area contributed by atoms with Crippen LogP contribution >= 0.6 is 0 Å². The van der Waals surface area contributed by atoms with E-state index in [9.17, 15) is 14.9 Å². The summed E-state index contributed by atoms with van der Waals surface area (Å²) in [7, 11) is 0. The van der Waals surface area contributed by atoms with Crippen LogP contribution in [0.3, 0.4) is 0 Å². The van der Waals surface area contributed by atoms with Crippen molar-refractivity contribution >= 4 is 17.5 Å². The summed E-state index contributed by atoms with van der Waals surface area (Å²) >= 11 is 0. The van der Waals surface area contributed by atoms with Crippen molar-refractivity contribution in [2.45, 2.75) is 13.3 Å². The number of hydrogen-bond donors (Lipinski definition) is 2. The van der Waals surface area contributed by atoms with Gasteiger partial charge in [-0.3, -0.25) is 15.4 Å². The summed E-state index contributed by atoms with van der Waals surface area (Å²) in [5, 5.41) is 16.0. The lowest BCUT2D eigenvalue weighted by Crippen LogP contribution is -2.23. The molecule has 104 valence electrons. The number of anilines is 1. The Bertz CT molecular complexity index is 419. The lowest BCUT2D eigenvalue weighted by molar-refractivity contribution is -0.384. The van der Waals surface area contributed by atoms with Gasteiger partial charge in [-0.15, -0.1) is 0 Å². The van der Waals surface area contributed by atoms with Crippen LogP contribution in [0.4, 0.5) is 16.2 Å². The molecule has 0 aliphatic carbocycles. The van der Waals surface area contributed by atoms with Gasteiger partial charge in [0, 0.05) is 24.4 Å². The van der Waals surface area contributed by atoms with E-state index >= 15 is 0 Å². The van der Waals surface area contributed by atoms with E-state index in [4.69, 9.17) is 4.74 Å². The predicted octanol–water partition coefficient (Wildman–Crippen LogP) is 2.14. The highest BCUT2D eigenvalue weighted by Crippen LogP contribution is 2.15. The second-order valence-electron chi connectivity index (χ2n) is 3.81. The molecule has 0 aliphatic rings. The summed E-state index contributed by atoms with van der Waals surface area (Å²) in [6, 6.07) is 5.54. The minimum absolute atomic E-state index is 0.0253. The Morgan fingerprint density at radius 2 is 2.00 bits per heavy atom. The lowest BCUT2D eigenvalue weighted by Gasteiger charge is -2.07. The number of nitro benzene ring substituents is 1. The van der Waals surface area contributed by atoms with Crippen LogP contribution in [-0.4, -0.2) is 30.7 Å². The Hall–Kier alpha value is -2.15. The molecule has 1 rings (SSSR count). The Morgan fingerprint density at radius 1 is 1.32 bits per heavy atom. The van der Waals surface area contributed by atoms with Gasteiger partial charge >= 0.3 is 6.09 Å². The molecule has 0 radical (unpaired) electrons. The van der Waals surface area contributed by atoms with Gasteiger partial charge in [0.25, 0.3) is 5.69 Å². The van der Waals surface area contributed by atoms with Gasteiger partial charge in [0.1, 0.15) is 6.61 Å². The summed E-state index contributed by atoms with van der Waals surface area (Å²) in [5.41, 5.74) is 0.430. The predicted molar refractivity (Wildman–Crippen MR) is 71.2 cm³/mol. The first-order chi connectivity index (χ1) is 9.13. The number of rotatable bonds is 7. The van der Waals surface area contributed by atoms with Gasteiger partial charge in [0.05, 0.1) is 4.92 Å². The molecule has 0 saturated carbocycles. The molecule has 0 heterocycles. The molecule has 1 amide bonds. The number of carbonyl (C=O) groups excluding carboxylic acids is 1. The fourth-order valence-corrected chi connectivity index (χ4v) is 1.34. The smallest absolute Gasteiger partial charge is 0.411 e. The Balaban J connectivity index is 2.30. The van der Waals surface area contributed by atoms with Crippen LogP contribution < -0.4 is 10.6 Å². The maximum Gasteiger partial charge on any atom is 0.411 e. The van der Waals surface area contributed by atoms with Gasteiger partial charge in [0.15, 0.2) is 0 Å². The molecule has 19 heavy (non-hydrogen) atoms. The highest BCUT2D eigenvalue weighted by Gasteiger charge is 2.06. The number of nitrogens with zero attached hydrogens (tertiary/aromatic N) is 1. The second-order valence-corrected chi connectivity index (χ2v) is 3.81. The van der Waals surface area contributed by atoms with Crippen molar-refractivity contribution in [1.82, 2.24) is 5.32 Å². The van der Waals surface area contributed by atoms with Gasteiger partial charge in [-0.25, -0.2) is 4.79 Å². The topological polar surface area (TPSA) is 93.5 Å². The summed E-state index contributed by atoms with van der Waals surface area (Å²) in [5.74, 6) is 0. The SMILES string of the molecule is CCCNCCOC(=O)Nc1ccc([N+](=O)[O-])cc1. The minimum Gasteiger partial charge on any atom is -0.448 e. The molecule has 0 bridgehead atoms. The summed E-state index contributed by atoms with van der Waals surface area (Å²) in [6.07, 6.45) is 0.446. The van der Waals surface area contributed by atoms with E-state index < -0.39 is 11.0 Å². The van der Waals surface area contributed by atoms with Gasteiger partial charge < -0.3 is 10.1 Å². The highest BCUT2D eigenvalue weighted by molar-refractivity contribution is 5.84. The molecule has 0 spiro atoms. The van der Waals surface area contributed by atoms with E-state index in [1.54, 1.807) is 0 Å². The van der Waals surface area contributed by atoms with Crippen molar-refractivity contribution in [1.29, 1.82) is 0 Å². The molecular weight excluding hydrogens is 250 g/mol. The molecule has 1 aromatic carbocycles. The monoisotopic (exact) mass is 267 g/mol. The molecule has 0 saturated heterocycles. The van der Waals surface area contributed by atoms with Crippen molar-refractivity contribution in [2.75, 3.05) is 25.0 Å². The van der Waals surface area contributed by atoms with Crippen LogP contribution in [0.1, 0.15) is 13.3 Å². The van der Waals surface area contributed by atoms with Crippen molar-refractivity contribution in [2.24, 2.45) is 0 Å². The second kappa shape index (κ2) is 8.04. The molecule has 0 fully saturated rings. The van der Waals surface area contributed by atoms with Crippen LogP contribution in [0.25, 0.3) is 0 Å². The fraction of sp³-hybridized carbons (Fsp3) is 0.417. The van der Waals surface area contributed by atoms with Crippen LogP contribution in [0.5, 0.6) is 0 Å². The van der Waals surface area contributed by atoms with Crippen molar-refractivity contribution in [3.05, 3.63) is 34.4 Å². The molecule has 0 atom stereocenters. The zero-order valence-electron chi connectivity index (χ0n) is 10.7. The Kier molecular flexibility index (Phi) is 6.31. The molecule has 7 heteroatoms. The molecule has 1 aromatic rings. The average molecular weight is 267 g/mol. The first-order valence-corrected chi connectivity index (χ1v) is 6.02. The zero-order chi connectivity index (χ0) is 14.1. The Labute approximate surface area is 111 Å². The third-order valence-electron chi connectivity index (χ3n) is 2.26. The number of nitro groups is 1. The molecule has 2 N–H and O–H groups in total. The summed E-state index contributed by atoms with van der Waals surface area (Å²) < 4.78 is 4.92. The summed E-state index contributed by atoms with van der Waals surface area (Å²) in [6.45, 7) is 3.81. The maximum absolute atomic E-state index is 11.4. The van der Waals surface area contributed by atoms with E-state index in [1.165, 1.54) is 24.3 Å². The van der Waals surface area contributed by atoms with Crippen LogP contribution in [0, 0.1) is 10.1 Å². The van der Waals surface area contributed by atoms with Gasteiger partial charge in [0.2, 0.25) is 0 Å². The highest BCUT2D eigenvalue weighted by atomic mass is 16.6. The standard InChI is InChI=1S/C12H17N3O4/c1-2-7-13-8-9-19-12(16)14-10-3-5-11(6-4-10)15(17)18/h3-6,13H,2,7-9H2,1H3,(H,14,16). The van der Waals surface area contributed by atoms with Crippen LogP contribution in [0.15, 0.2) is 24.3 Å². The van der Waals surface area contributed by atoms with E-state index in [1.807, 2.05) is 0 Å². The van der Waals surface area contributed by atoms with Gasteiger partial charge in [-0.2, -0.15) is 0 Å². The van der Waals surface area contributed by atoms with Gasteiger partial charge in [-0.05, 0) is 25.1 Å². The number of carbonyl (C=O) groups is 1. The third kappa shape index (κ3) is 5.82. The number of benzene rings is 1. The van der Waals surface area contributed by atoms with E-state index in [0.29, 0.717) is 12.2 Å². The summed E-state index contributed by atoms with van der Waals surface area (Å²) in [4.78, 5) is 21.3. The fourth-order valence-electron chi connectivity index (χ4n) is 1.34. The maximum atomic E-state index is 11.4. The largest absolute Gasteiger partial charge is 0.448 e. The zero-order valence-corrected chi connectivity index (χ0v) is 10.7. The quantitative estimate of drug-likeness (QED) is 0.448.